The quantitative estimate of drug-likeness (QED) is 0.703. The van der Waals surface area contributed by atoms with Crippen molar-refractivity contribution in [3.8, 4) is 0 Å². The Balaban J connectivity index is 1.95. The van der Waals surface area contributed by atoms with E-state index in [4.69, 9.17) is 9.47 Å². The molecule has 2 rings (SSSR count). The molecule has 0 bridgehead atoms. The largest absolute Gasteiger partial charge is 0.465 e. The van der Waals surface area contributed by atoms with Crippen molar-refractivity contribution in [2.24, 2.45) is 0 Å². The van der Waals surface area contributed by atoms with Crippen molar-refractivity contribution in [2.45, 2.75) is 70.4 Å². The molecule has 1 spiro atoms. The van der Waals surface area contributed by atoms with Gasteiger partial charge in [0, 0.05) is 12.6 Å². The second-order valence-corrected chi connectivity index (χ2v) is 6.16. The van der Waals surface area contributed by atoms with Gasteiger partial charge in [-0.15, -0.1) is 0 Å². The van der Waals surface area contributed by atoms with Crippen molar-refractivity contribution in [1.82, 2.24) is 4.90 Å². The molecule has 20 heavy (non-hydrogen) atoms. The van der Waals surface area contributed by atoms with Gasteiger partial charge < -0.3 is 9.47 Å². The fourth-order valence-electron chi connectivity index (χ4n) is 3.73. The van der Waals surface area contributed by atoms with Gasteiger partial charge in [0.25, 0.3) is 0 Å². The molecular formula is C16H29NO3. The molecule has 0 aromatic heterocycles. The Bertz CT molecular complexity index is 313. The highest BCUT2D eigenvalue weighted by molar-refractivity contribution is 5.71. The van der Waals surface area contributed by atoms with Gasteiger partial charge in [-0.05, 0) is 45.6 Å². The minimum Gasteiger partial charge on any atom is -0.465 e. The van der Waals surface area contributed by atoms with Crippen LogP contribution in [0.4, 0.5) is 0 Å². The van der Waals surface area contributed by atoms with E-state index < -0.39 is 0 Å². The predicted molar refractivity (Wildman–Crippen MR) is 78.7 cm³/mol. The summed E-state index contributed by atoms with van der Waals surface area (Å²) in [6, 6.07) is 0.478. The van der Waals surface area contributed by atoms with Crippen molar-refractivity contribution in [2.75, 3.05) is 26.3 Å². The zero-order valence-corrected chi connectivity index (χ0v) is 13.0. The number of rotatable bonds is 6. The van der Waals surface area contributed by atoms with Crippen LogP contribution in [-0.4, -0.2) is 48.8 Å². The third-order valence-corrected chi connectivity index (χ3v) is 4.65. The first kappa shape index (κ1) is 15.8. The minimum absolute atomic E-state index is 0.0899. The van der Waals surface area contributed by atoms with Gasteiger partial charge in [0.1, 0.15) is 0 Å². The molecule has 1 aliphatic carbocycles. The SMILES string of the molecule is CCCN(CC(=O)OCC)C1CCOC2(CCCC2)C1. The van der Waals surface area contributed by atoms with E-state index in [0.29, 0.717) is 19.2 Å². The smallest absolute Gasteiger partial charge is 0.320 e. The molecule has 4 heteroatoms. The number of carbonyl (C=O) groups is 1. The normalized spacial score (nSPS) is 25.2. The average Bonchev–Trinajstić information content (AvgIpc) is 2.86. The first-order valence-corrected chi connectivity index (χ1v) is 8.23. The van der Waals surface area contributed by atoms with Gasteiger partial charge in [-0.2, -0.15) is 0 Å². The van der Waals surface area contributed by atoms with Gasteiger partial charge in [-0.3, -0.25) is 9.69 Å². The van der Waals surface area contributed by atoms with Gasteiger partial charge in [0.05, 0.1) is 18.8 Å². The zero-order valence-electron chi connectivity index (χ0n) is 13.0. The van der Waals surface area contributed by atoms with E-state index in [2.05, 4.69) is 11.8 Å². The number of nitrogens with zero attached hydrogens (tertiary/aromatic N) is 1. The lowest BCUT2D eigenvalue weighted by Crippen LogP contribution is -2.49. The highest BCUT2D eigenvalue weighted by Crippen LogP contribution is 2.41. The monoisotopic (exact) mass is 283 g/mol. The Hall–Kier alpha value is -0.610. The van der Waals surface area contributed by atoms with Crippen molar-refractivity contribution < 1.29 is 14.3 Å². The fourth-order valence-corrected chi connectivity index (χ4v) is 3.73. The number of esters is 1. The van der Waals surface area contributed by atoms with Crippen molar-refractivity contribution in [1.29, 1.82) is 0 Å². The van der Waals surface area contributed by atoms with Crippen LogP contribution >= 0.6 is 0 Å². The van der Waals surface area contributed by atoms with E-state index in [1.807, 2.05) is 6.92 Å². The van der Waals surface area contributed by atoms with Gasteiger partial charge in [0.2, 0.25) is 0 Å². The Kier molecular flexibility index (Phi) is 5.85. The number of hydrogen-bond donors (Lipinski definition) is 0. The van der Waals surface area contributed by atoms with Crippen LogP contribution in [0, 0.1) is 0 Å². The summed E-state index contributed by atoms with van der Waals surface area (Å²) in [5.74, 6) is -0.0899. The van der Waals surface area contributed by atoms with Gasteiger partial charge in [-0.1, -0.05) is 19.8 Å². The van der Waals surface area contributed by atoms with Gasteiger partial charge in [0.15, 0.2) is 0 Å². The van der Waals surface area contributed by atoms with Gasteiger partial charge >= 0.3 is 5.97 Å². The molecule has 1 atom stereocenters. The van der Waals surface area contributed by atoms with E-state index in [1.54, 1.807) is 0 Å². The van der Waals surface area contributed by atoms with Crippen LogP contribution in [0.3, 0.4) is 0 Å². The molecular weight excluding hydrogens is 254 g/mol. The highest BCUT2D eigenvalue weighted by atomic mass is 16.5. The Labute approximate surface area is 122 Å². The lowest BCUT2D eigenvalue weighted by molar-refractivity contribution is -0.147. The number of ether oxygens (including phenoxy) is 2. The summed E-state index contributed by atoms with van der Waals surface area (Å²) in [6.45, 7) is 6.75. The lowest BCUT2D eigenvalue weighted by Gasteiger charge is -2.42. The van der Waals surface area contributed by atoms with Crippen LogP contribution in [0.1, 0.15) is 58.8 Å². The molecule has 1 saturated carbocycles. The van der Waals surface area contributed by atoms with E-state index in [1.165, 1.54) is 25.7 Å². The highest BCUT2D eigenvalue weighted by Gasteiger charge is 2.41. The number of hydrogen-bond acceptors (Lipinski definition) is 4. The van der Waals surface area contributed by atoms with E-state index >= 15 is 0 Å². The first-order valence-electron chi connectivity index (χ1n) is 8.23. The second kappa shape index (κ2) is 7.41. The summed E-state index contributed by atoms with van der Waals surface area (Å²) in [5.41, 5.74) is 0.115. The van der Waals surface area contributed by atoms with Crippen molar-refractivity contribution in [3.05, 3.63) is 0 Å². The minimum atomic E-state index is -0.0899. The van der Waals surface area contributed by atoms with Gasteiger partial charge in [-0.25, -0.2) is 0 Å². The molecule has 1 heterocycles. The van der Waals surface area contributed by atoms with Crippen LogP contribution < -0.4 is 0 Å². The standard InChI is InChI=1S/C16H29NO3/c1-3-10-17(13-15(18)19-4-2)14-7-11-20-16(12-14)8-5-6-9-16/h14H,3-13H2,1-2H3. The lowest BCUT2D eigenvalue weighted by atomic mass is 9.88. The maximum Gasteiger partial charge on any atom is 0.320 e. The summed E-state index contributed by atoms with van der Waals surface area (Å²) >= 11 is 0. The summed E-state index contributed by atoms with van der Waals surface area (Å²) < 4.78 is 11.2. The second-order valence-electron chi connectivity index (χ2n) is 6.16. The average molecular weight is 283 g/mol. The molecule has 0 amide bonds. The molecule has 2 aliphatic rings. The summed E-state index contributed by atoms with van der Waals surface area (Å²) in [7, 11) is 0. The third kappa shape index (κ3) is 3.95. The van der Waals surface area contributed by atoms with E-state index in [0.717, 1.165) is 32.4 Å². The van der Waals surface area contributed by atoms with Crippen LogP contribution in [0.5, 0.6) is 0 Å². The molecule has 2 fully saturated rings. The van der Waals surface area contributed by atoms with Crippen LogP contribution in [0.25, 0.3) is 0 Å². The molecule has 0 aromatic rings. The topological polar surface area (TPSA) is 38.8 Å². The number of carbonyl (C=O) groups excluding carboxylic acids is 1. The Morgan fingerprint density at radius 2 is 2.10 bits per heavy atom. The summed E-state index contributed by atoms with van der Waals surface area (Å²) in [6.07, 6.45) is 8.18. The Morgan fingerprint density at radius 3 is 2.75 bits per heavy atom. The van der Waals surface area contributed by atoms with E-state index in [-0.39, 0.29) is 11.6 Å². The zero-order chi connectivity index (χ0) is 14.4. The fraction of sp³-hybridized carbons (Fsp3) is 0.938. The van der Waals surface area contributed by atoms with Crippen molar-refractivity contribution >= 4 is 5.97 Å². The van der Waals surface area contributed by atoms with Crippen molar-refractivity contribution in [3.63, 3.8) is 0 Å². The molecule has 1 saturated heterocycles. The molecule has 0 aromatic carbocycles. The van der Waals surface area contributed by atoms with Crippen LogP contribution in [0.15, 0.2) is 0 Å². The molecule has 1 unspecified atom stereocenters. The molecule has 1 aliphatic heterocycles. The maximum absolute atomic E-state index is 11.8. The predicted octanol–water partition coefficient (Wildman–Crippen LogP) is 2.75. The third-order valence-electron chi connectivity index (χ3n) is 4.65. The Morgan fingerprint density at radius 1 is 1.35 bits per heavy atom. The molecule has 4 nitrogen and oxygen atoms in total. The summed E-state index contributed by atoms with van der Waals surface area (Å²) in [4.78, 5) is 14.1. The van der Waals surface area contributed by atoms with Crippen LogP contribution in [0.2, 0.25) is 0 Å². The van der Waals surface area contributed by atoms with Crippen LogP contribution in [-0.2, 0) is 14.3 Å². The molecule has 0 N–H and O–H groups in total. The molecule has 116 valence electrons. The maximum atomic E-state index is 11.8. The van der Waals surface area contributed by atoms with E-state index in [9.17, 15) is 4.79 Å². The molecule has 0 radical (unpaired) electrons. The first-order chi connectivity index (χ1) is 9.69. The summed E-state index contributed by atoms with van der Waals surface area (Å²) in [5, 5.41) is 0.